The predicted octanol–water partition coefficient (Wildman–Crippen LogP) is 1.86. The summed E-state index contributed by atoms with van der Waals surface area (Å²) >= 11 is 0. The van der Waals surface area contributed by atoms with Crippen LogP contribution < -0.4 is 4.90 Å². The van der Waals surface area contributed by atoms with E-state index in [1.807, 2.05) is 4.90 Å². The highest BCUT2D eigenvalue weighted by Crippen LogP contribution is 2.25. The molecule has 1 aliphatic heterocycles. The van der Waals surface area contributed by atoms with Crippen molar-refractivity contribution in [1.82, 2.24) is 4.98 Å². The first-order chi connectivity index (χ1) is 7.56. The van der Waals surface area contributed by atoms with Crippen molar-refractivity contribution in [3.8, 4) is 0 Å². The van der Waals surface area contributed by atoms with E-state index >= 15 is 0 Å². The summed E-state index contributed by atoms with van der Waals surface area (Å²) in [4.78, 5) is 16.7. The molecule has 1 aromatic heterocycles. The Balaban J connectivity index is 2.13. The van der Waals surface area contributed by atoms with Gasteiger partial charge in [-0.3, -0.25) is 0 Å². The van der Waals surface area contributed by atoms with E-state index in [0.717, 1.165) is 13.1 Å². The highest BCUT2D eigenvalue weighted by atomic mass is 16.4. The van der Waals surface area contributed by atoms with Crippen LogP contribution in [0.25, 0.3) is 0 Å². The lowest BCUT2D eigenvalue weighted by molar-refractivity contribution is 0.0690. The highest BCUT2D eigenvalue weighted by Gasteiger charge is 2.25. The third kappa shape index (κ3) is 2.18. The Morgan fingerprint density at radius 3 is 2.62 bits per heavy atom. The lowest BCUT2D eigenvalue weighted by atomic mass is 9.92. The maximum atomic E-state index is 10.7. The van der Waals surface area contributed by atoms with Crippen LogP contribution in [0, 0.1) is 11.8 Å². The highest BCUT2D eigenvalue weighted by molar-refractivity contribution is 5.85. The van der Waals surface area contributed by atoms with Crippen molar-refractivity contribution in [2.24, 2.45) is 11.8 Å². The molecule has 88 valence electrons. The van der Waals surface area contributed by atoms with Gasteiger partial charge in [-0.15, -0.1) is 0 Å². The van der Waals surface area contributed by atoms with Crippen LogP contribution in [0.5, 0.6) is 0 Å². The Morgan fingerprint density at radius 1 is 1.50 bits per heavy atom. The molecular weight excluding hydrogens is 208 g/mol. The van der Waals surface area contributed by atoms with Gasteiger partial charge in [-0.25, -0.2) is 4.79 Å². The van der Waals surface area contributed by atoms with Crippen molar-refractivity contribution in [3.63, 3.8) is 0 Å². The van der Waals surface area contributed by atoms with Crippen molar-refractivity contribution < 1.29 is 14.3 Å². The number of rotatable bonds is 2. The third-order valence-electron chi connectivity index (χ3n) is 2.85. The molecule has 0 radical (unpaired) electrons. The Morgan fingerprint density at radius 2 is 2.12 bits per heavy atom. The molecule has 2 heterocycles. The summed E-state index contributed by atoms with van der Waals surface area (Å²) in [6.07, 6.45) is 2.39. The summed E-state index contributed by atoms with van der Waals surface area (Å²) < 4.78 is 5.20. The molecule has 0 saturated carbocycles. The average Bonchev–Trinajstić information content (AvgIpc) is 2.64. The minimum atomic E-state index is -1.05. The maximum Gasteiger partial charge on any atom is 0.357 e. The minimum Gasteiger partial charge on any atom is -0.476 e. The van der Waals surface area contributed by atoms with Crippen LogP contribution in [0.1, 0.15) is 30.8 Å². The van der Waals surface area contributed by atoms with Crippen molar-refractivity contribution in [3.05, 3.63) is 12.0 Å². The second-order valence-corrected chi connectivity index (χ2v) is 4.67. The standard InChI is InChI=1S/C11H16N2O3/c1-7-3-8(2)5-13(4-7)11-12-9(6-16-11)10(14)15/h6-8H,3-5H2,1-2H3,(H,14,15). The molecule has 16 heavy (non-hydrogen) atoms. The summed E-state index contributed by atoms with van der Waals surface area (Å²) in [5.74, 6) is 0.126. The van der Waals surface area contributed by atoms with Gasteiger partial charge in [-0.2, -0.15) is 4.98 Å². The van der Waals surface area contributed by atoms with E-state index in [2.05, 4.69) is 18.8 Å². The molecule has 2 unspecified atom stereocenters. The van der Waals surface area contributed by atoms with Gasteiger partial charge in [0.05, 0.1) is 0 Å². The number of hydrogen-bond donors (Lipinski definition) is 1. The van der Waals surface area contributed by atoms with Gasteiger partial charge in [0.2, 0.25) is 0 Å². The number of hydrogen-bond acceptors (Lipinski definition) is 4. The Kier molecular flexibility index (Phi) is 2.85. The smallest absolute Gasteiger partial charge is 0.357 e. The van der Waals surface area contributed by atoms with Crippen molar-refractivity contribution in [1.29, 1.82) is 0 Å². The minimum absolute atomic E-state index is 0.0270. The summed E-state index contributed by atoms with van der Waals surface area (Å²) in [5, 5.41) is 8.76. The zero-order chi connectivity index (χ0) is 11.7. The molecule has 5 nitrogen and oxygen atoms in total. The molecular formula is C11H16N2O3. The van der Waals surface area contributed by atoms with E-state index in [1.165, 1.54) is 12.7 Å². The maximum absolute atomic E-state index is 10.7. The largest absolute Gasteiger partial charge is 0.476 e. The van der Waals surface area contributed by atoms with Crippen LogP contribution in [0.3, 0.4) is 0 Å². The number of carbonyl (C=O) groups is 1. The van der Waals surface area contributed by atoms with Gasteiger partial charge in [-0.05, 0) is 18.3 Å². The topological polar surface area (TPSA) is 66.6 Å². The second kappa shape index (κ2) is 4.15. The number of carboxylic acids is 1. The summed E-state index contributed by atoms with van der Waals surface area (Å²) in [7, 11) is 0. The zero-order valence-corrected chi connectivity index (χ0v) is 9.51. The average molecular weight is 224 g/mol. The molecule has 2 rings (SSSR count). The number of oxazole rings is 1. The molecule has 1 aromatic rings. The van der Waals surface area contributed by atoms with Crippen LogP contribution >= 0.6 is 0 Å². The van der Waals surface area contributed by atoms with Gasteiger partial charge in [-0.1, -0.05) is 13.8 Å². The first-order valence-electron chi connectivity index (χ1n) is 5.50. The van der Waals surface area contributed by atoms with Crippen LogP contribution in [-0.2, 0) is 0 Å². The van der Waals surface area contributed by atoms with Crippen molar-refractivity contribution in [2.75, 3.05) is 18.0 Å². The summed E-state index contributed by atoms with van der Waals surface area (Å²) in [5.41, 5.74) is -0.0270. The monoisotopic (exact) mass is 224 g/mol. The Hall–Kier alpha value is -1.52. The van der Waals surface area contributed by atoms with Crippen molar-refractivity contribution >= 4 is 12.0 Å². The number of carboxylic acid groups (broad SMARTS) is 1. The molecule has 0 spiro atoms. The number of piperidine rings is 1. The number of nitrogens with zero attached hydrogens (tertiary/aromatic N) is 2. The van der Waals surface area contributed by atoms with Gasteiger partial charge in [0.15, 0.2) is 5.69 Å². The quantitative estimate of drug-likeness (QED) is 0.830. The van der Waals surface area contributed by atoms with Gasteiger partial charge in [0.1, 0.15) is 6.26 Å². The molecule has 1 fully saturated rings. The van der Waals surface area contributed by atoms with Gasteiger partial charge < -0.3 is 14.4 Å². The van der Waals surface area contributed by atoms with Gasteiger partial charge in [0, 0.05) is 13.1 Å². The molecule has 1 saturated heterocycles. The third-order valence-corrected chi connectivity index (χ3v) is 2.85. The summed E-state index contributed by atoms with van der Waals surface area (Å²) in [6.45, 7) is 6.13. The van der Waals surface area contributed by atoms with Gasteiger partial charge in [0.25, 0.3) is 6.01 Å². The van der Waals surface area contributed by atoms with Crippen LogP contribution in [0.2, 0.25) is 0 Å². The van der Waals surface area contributed by atoms with Crippen LogP contribution in [-0.4, -0.2) is 29.1 Å². The lowest BCUT2D eigenvalue weighted by Crippen LogP contribution is -2.38. The van der Waals surface area contributed by atoms with Crippen molar-refractivity contribution in [2.45, 2.75) is 20.3 Å². The molecule has 0 bridgehead atoms. The van der Waals surface area contributed by atoms with Crippen LogP contribution in [0.15, 0.2) is 10.7 Å². The number of aromatic nitrogens is 1. The SMILES string of the molecule is CC1CC(C)CN(c2nc(C(=O)O)co2)C1. The molecule has 1 N–H and O–H groups in total. The molecule has 2 atom stereocenters. The van der Waals surface area contributed by atoms with E-state index in [1.54, 1.807) is 0 Å². The van der Waals surface area contributed by atoms with E-state index in [-0.39, 0.29) is 5.69 Å². The van der Waals surface area contributed by atoms with Crippen LogP contribution in [0.4, 0.5) is 6.01 Å². The Bertz CT molecular complexity index is 378. The molecule has 1 aliphatic rings. The molecule has 5 heteroatoms. The molecule has 0 aliphatic carbocycles. The fourth-order valence-electron chi connectivity index (χ4n) is 2.33. The predicted molar refractivity (Wildman–Crippen MR) is 58.6 cm³/mol. The summed E-state index contributed by atoms with van der Waals surface area (Å²) in [6, 6.07) is 0.427. The Labute approximate surface area is 94.1 Å². The molecule has 0 amide bonds. The van der Waals surface area contributed by atoms with Gasteiger partial charge >= 0.3 is 5.97 Å². The normalized spacial score (nSPS) is 25.8. The zero-order valence-electron chi connectivity index (χ0n) is 9.51. The lowest BCUT2D eigenvalue weighted by Gasteiger charge is -2.33. The first-order valence-corrected chi connectivity index (χ1v) is 5.50. The molecule has 0 aromatic carbocycles. The van der Waals surface area contributed by atoms with E-state index < -0.39 is 5.97 Å². The fraction of sp³-hybridized carbons (Fsp3) is 0.636. The van der Waals surface area contributed by atoms with E-state index in [9.17, 15) is 4.79 Å². The second-order valence-electron chi connectivity index (χ2n) is 4.67. The van der Waals surface area contributed by atoms with E-state index in [4.69, 9.17) is 9.52 Å². The number of aromatic carboxylic acids is 1. The number of anilines is 1. The fourth-order valence-corrected chi connectivity index (χ4v) is 2.33. The first kappa shape index (κ1) is 11.0. The van der Waals surface area contributed by atoms with E-state index in [0.29, 0.717) is 17.9 Å².